The third-order valence-corrected chi connectivity index (χ3v) is 2.50. The molecule has 0 aliphatic heterocycles. The van der Waals surface area contributed by atoms with Crippen LogP contribution in [0.4, 0.5) is 13.2 Å². The van der Waals surface area contributed by atoms with Crippen LogP contribution in [0, 0.1) is 0 Å². The molecule has 1 heterocycles. The lowest BCUT2D eigenvalue weighted by Gasteiger charge is -2.04. The van der Waals surface area contributed by atoms with Gasteiger partial charge in [-0.15, -0.1) is 11.3 Å². The third kappa shape index (κ3) is 2.43. The Balaban J connectivity index is 2.87. The van der Waals surface area contributed by atoms with Gasteiger partial charge >= 0.3 is 6.18 Å². The molecule has 1 atom stereocenters. The molecule has 6 heteroatoms. The first-order valence-electron chi connectivity index (χ1n) is 3.49. The fourth-order valence-electron chi connectivity index (χ4n) is 0.810. The van der Waals surface area contributed by atoms with Crippen molar-refractivity contribution in [3.05, 3.63) is 21.9 Å². The maximum Gasteiger partial charge on any atom is 0.425 e. The average Bonchev–Trinajstić information content (AvgIpc) is 2.50. The minimum absolute atomic E-state index is 0.0754. The van der Waals surface area contributed by atoms with Crippen molar-refractivity contribution in [3.8, 4) is 0 Å². The molecule has 1 aromatic rings. The summed E-state index contributed by atoms with van der Waals surface area (Å²) in [5.41, 5.74) is 5.32. The van der Waals surface area contributed by atoms with Crippen LogP contribution in [-0.4, -0.2) is 11.7 Å². The molecule has 0 saturated heterocycles. The average molecular weight is 211 g/mol. The fraction of sp³-hybridized carbons (Fsp3) is 0.429. The molecule has 1 unspecified atom stereocenters. The first-order valence-corrected chi connectivity index (χ1v) is 4.37. The second kappa shape index (κ2) is 3.65. The number of nitrogens with two attached hydrogens (primary N) is 1. The SMILES string of the molecule is NCC(O)c1csc(C(F)(F)F)c1. The second-order valence-electron chi connectivity index (χ2n) is 2.49. The van der Waals surface area contributed by atoms with Gasteiger partial charge in [0.15, 0.2) is 0 Å². The number of aliphatic hydroxyl groups is 1. The van der Waals surface area contributed by atoms with Gasteiger partial charge in [-0.1, -0.05) is 0 Å². The van der Waals surface area contributed by atoms with Gasteiger partial charge in [-0.2, -0.15) is 13.2 Å². The third-order valence-electron chi connectivity index (χ3n) is 1.51. The fourth-order valence-corrected chi connectivity index (χ4v) is 1.64. The zero-order chi connectivity index (χ0) is 10.1. The summed E-state index contributed by atoms with van der Waals surface area (Å²) in [4.78, 5) is -0.713. The lowest BCUT2D eigenvalue weighted by molar-refractivity contribution is -0.134. The summed E-state index contributed by atoms with van der Waals surface area (Å²) in [7, 11) is 0. The van der Waals surface area contributed by atoms with Crippen molar-refractivity contribution in [2.75, 3.05) is 6.54 Å². The highest BCUT2D eigenvalue weighted by Gasteiger charge is 2.32. The van der Waals surface area contributed by atoms with E-state index in [1.807, 2.05) is 0 Å². The van der Waals surface area contributed by atoms with Crippen molar-refractivity contribution in [2.45, 2.75) is 12.3 Å². The predicted octanol–water partition coefficient (Wildman–Crippen LogP) is 1.76. The standard InChI is InChI=1S/C7H8F3NOS/c8-7(9,10)6-1-4(3-13-6)5(12)2-11/h1,3,5,12H,2,11H2. The van der Waals surface area contributed by atoms with Crippen molar-refractivity contribution in [1.82, 2.24) is 0 Å². The highest BCUT2D eigenvalue weighted by Crippen LogP contribution is 2.35. The van der Waals surface area contributed by atoms with Crippen LogP contribution < -0.4 is 5.73 Å². The van der Waals surface area contributed by atoms with Crippen LogP contribution in [0.2, 0.25) is 0 Å². The number of hydrogen-bond donors (Lipinski definition) is 2. The maximum absolute atomic E-state index is 12.1. The van der Waals surface area contributed by atoms with Crippen LogP contribution in [0.15, 0.2) is 11.4 Å². The molecule has 0 aromatic carbocycles. The molecular formula is C7H8F3NOS. The zero-order valence-corrected chi connectivity index (χ0v) is 7.32. The van der Waals surface area contributed by atoms with Crippen molar-refractivity contribution in [1.29, 1.82) is 0 Å². The van der Waals surface area contributed by atoms with Gasteiger partial charge in [-0.25, -0.2) is 0 Å². The molecule has 1 aromatic heterocycles. The maximum atomic E-state index is 12.1. The topological polar surface area (TPSA) is 46.2 Å². The quantitative estimate of drug-likeness (QED) is 0.783. The lowest BCUT2D eigenvalue weighted by Crippen LogP contribution is -2.10. The van der Waals surface area contributed by atoms with Crippen LogP contribution in [0.3, 0.4) is 0 Å². The summed E-state index contributed by atoms with van der Waals surface area (Å²) in [5, 5.41) is 10.4. The van der Waals surface area contributed by atoms with Gasteiger partial charge in [0.2, 0.25) is 0 Å². The highest BCUT2D eigenvalue weighted by atomic mass is 32.1. The van der Waals surface area contributed by atoms with E-state index in [9.17, 15) is 13.2 Å². The molecule has 0 bridgehead atoms. The second-order valence-corrected chi connectivity index (χ2v) is 3.40. The van der Waals surface area contributed by atoms with Gasteiger partial charge in [0.1, 0.15) is 4.88 Å². The molecule has 0 fully saturated rings. The van der Waals surface area contributed by atoms with Crippen LogP contribution >= 0.6 is 11.3 Å². The molecule has 74 valence electrons. The molecule has 13 heavy (non-hydrogen) atoms. The number of hydrogen-bond acceptors (Lipinski definition) is 3. The predicted molar refractivity (Wildman–Crippen MR) is 43.3 cm³/mol. The van der Waals surface area contributed by atoms with Gasteiger partial charge in [-0.05, 0) is 17.0 Å². The number of halogens is 3. The largest absolute Gasteiger partial charge is 0.425 e. The Labute approximate surface area is 76.8 Å². The summed E-state index contributed by atoms with van der Waals surface area (Å²) in [6, 6.07) is 0.919. The van der Waals surface area contributed by atoms with Crippen LogP contribution in [0.25, 0.3) is 0 Å². The van der Waals surface area contributed by atoms with E-state index in [1.165, 1.54) is 5.38 Å². The summed E-state index contributed by atoms with van der Waals surface area (Å²) in [5.74, 6) is 0. The van der Waals surface area contributed by atoms with Crippen molar-refractivity contribution < 1.29 is 18.3 Å². The van der Waals surface area contributed by atoms with E-state index in [1.54, 1.807) is 0 Å². The molecule has 0 spiro atoms. The summed E-state index contributed by atoms with van der Waals surface area (Å²) >= 11 is 0.560. The first-order chi connectivity index (χ1) is 5.95. The van der Waals surface area contributed by atoms with E-state index >= 15 is 0 Å². The van der Waals surface area contributed by atoms with Gasteiger partial charge < -0.3 is 10.8 Å². The van der Waals surface area contributed by atoms with E-state index in [0.29, 0.717) is 11.3 Å². The molecular weight excluding hydrogens is 203 g/mol. The molecule has 1 rings (SSSR count). The van der Waals surface area contributed by atoms with E-state index in [0.717, 1.165) is 6.07 Å². The molecule has 3 N–H and O–H groups in total. The Hall–Kier alpha value is -0.590. The van der Waals surface area contributed by atoms with Crippen molar-refractivity contribution >= 4 is 11.3 Å². The Morgan fingerprint density at radius 1 is 1.54 bits per heavy atom. The van der Waals surface area contributed by atoms with Gasteiger partial charge in [0.05, 0.1) is 6.10 Å². The summed E-state index contributed by atoms with van der Waals surface area (Å²) in [6.07, 6.45) is -5.34. The van der Waals surface area contributed by atoms with E-state index in [4.69, 9.17) is 10.8 Å². The van der Waals surface area contributed by atoms with E-state index < -0.39 is 17.2 Å². The van der Waals surface area contributed by atoms with Gasteiger partial charge in [-0.3, -0.25) is 0 Å². The molecule has 2 nitrogen and oxygen atoms in total. The molecule has 0 aliphatic carbocycles. The normalized spacial score (nSPS) is 14.5. The number of rotatable bonds is 2. The van der Waals surface area contributed by atoms with Crippen LogP contribution in [0.1, 0.15) is 16.5 Å². The van der Waals surface area contributed by atoms with Crippen molar-refractivity contribution in [2.24, 2.45) is 5.73 Å². The molecule has 0 saturated carbocycles. The smallest absolute Gasteiger partial charge is 0.387 e. The number of alkyl halides is 3. The van der Waals surface area contributed by atoms with Gasteiger partial charge in [0.25, 0.3) is 0 Å². The minimum Gasteiger partial charge on any atom is -0.387 e. The zero-order valence-electron chi connectivity index (χ0n) is 6.51. The van der Waals surface area contributed by atoms with Crippen LogP contribution in [0.5, 0.6) is 0 Å². The van der Waals surface area contributed by atoms with Crippen LogP contribution in [-0.2, 0) is 6.18 Å². The first kappa shape index (κ1) is 10.5. The van der Waals surface area contributed by atoms with Crippen molar-refractivity contribution in [3.63, 3.8) is 0 Å². The number of thiophene rings is 1. The molecule has 0 amide bonds. The Bertz CT molecular complexity index is 284. The van der Waals surface area contributed by atoms with E-state index in [-0.39, 0.29) is 12.1 Å². The highest BCUT2D eigenvalue weighted by molar-refractivity contribution is 7.10. The monoisotopic (exact) mass is 211 g/mol. The Morgan fingerprint density at radius 3 is 2.54 bits per heavy atom. The molecule has 0 radical (unpaired) electrons. The summed E-state index contributed by atoms with van der Waals surface area (Å²) < 4.78 is 36.2. The minimum atomic E-state index is -4.34. The Kier molecular flexibility index (Phi) is 2.94. The van der Waals surface area contributed by atoms with Gasteiger partial charge in [0, 0.05) is 6.54 Å². The number of aliphatic hydroxyl groups excluding tert-OH is 1. The summed E-state index contributed by atoms with van der Waals surface area (Å²) in [6.45, 7) is -0.0754. The molecule has 0 aliphatic rings. The lowest BCUT2D eigenvalue weighted by atomic mass is 10.2. The van der Waals surface area contributed by atoms with E-state index in [2.05, 4.69) is 0 Å². The Morgan fingerprint density at radius 2 is 2.15 bits per heavy atom.